The van der Waals surface area contributed by atoms with E-state index in [1.165, 1.54) is 0 Å². The summed E-state index contributed by atoms with van der Waals surface area (Å²) in [4.78, 5) is 17.0. The van der Waals surface area contributed by atoms with Crippen molar-refractivity contribution in [3.63, 3.8) is 0 Å². The van der Waals surface area contributed by atoms with Crippen LogP contribution in [0.2, 0.25) is 0 Å². The van der Waals surface area contributed by atoms with Gasteiger partial charge >= 0.3 is 0 Å². The molecule has 2 heterocycles. The molecule has 2 aliphatic heterocycles. The first-order valence-corrected chi connectivity index (χ1v) is 9.70. The summed E-state index contributed by atoms with van der Waals surface area (Å²) in [5.74, 6) is 1.48. The molecule has 0 aliphatic carbocycles. The average molecular weight is 382 g/mol. The predicted octanol–water partition coefficient (Wildman–Crippen LogP) is 2.36. The Morgan fingerprint density at radius 3 is 2.64 bits per heavy atom. The van der Waals surface area contributed by atoms with Gasteiger partial charge in [0, 0.05) is 19.6 Å². The van der Waals surface area contributed by atoms with E-state index in [1.807, 2.05) is 47.4 Å². The van der Waals surface area contributed by atoms with Gasteiger partial charge in [0.05, 0.1) is 12.6 Å². The van der Waals surface area contributed by atoms with E-state index in [-0.39, 0.29) is 24.7 Å². The SMILES string of the molecule is CN1CCN(C(=O)COCC2COc3ccccc3O2)C(c2ccccc2)C1. The molecule has 2 atom stereocenters. The Labute approximate surface area is 165 Å². The Hall–Kier alpha value is -2.57. The van der Waals surface area contributed by atoms with Gasteiger partial charge in [-0.15, -0.1) is 0 Å². The molecule has 2 aromatic carbocycles. The van der Waals surface area contributed by atoms with E-state index in [4.69, 9.17) is 14.2 Å². The number of nitrogens with zero attached hydrogens (tertiary/aromatic N) is 2. The Morgan fingerprint density at radius 1 is 1.07 bits per heavy atom. The van der Waals surface area contributed by atoms with Gasteiger partial charge in [-0.1, -0.05) is 42.5 Å². The van der Waals surface area contributed by atoms with Gasteiger partial charge in [0.25, 0.3) is 0 Å². The summed E-state index contributed by atoms with van der Waals surface area (Å²) in [6, 6.07) is 17.8. The van der Waals surface area contributed by atoms with Gasteiger partial charge in [0.2, 0.25) is 5.91 Å². The van der Waals surface area contributed by atoms with Crippen LogP contribution in [0, 0.1) is 0 Å². The fourth-order valence-electron chi connectivity index (χ4n) is 3.68. The molecule has 0 radical (unpaired) electrons. The molecule has 1 fully saturated rings. The van der Waals surface area contributed by atoms with E-state index in [0.29, 0.717) is 19.8 Å². The number of ether oxygens (including phenoxy) is 3. The zero-order valence-electron chi connectivity index (χ0n) is 16.1. The number of benzene rings is 2. The second kappa shape index (κ2) is 8.63. The van der Waals surface area contributed by atoms with Crippen molar-refractivity contribution in [2.45, 2.75) is 12.1 Å². The van der Waals surface area contributed by atoms with Crippen LogP contribution in [0.15, 0.2) is 54.6 Å². The van der Waals surface area contributed by atoms with E-state index >= 15 is 0 Å². The molecular formula is C22H26N2O4. The summed E-state index contributed by atoms with van der Waals surface area (Å²) in [6.45, 7) is 3.19. The van der Waals surface area contributed by atoms with Crippen molar-refractivity contribution in [2.75, 3.05) is 46.5 Å². The number of hydrogen-bond acceptors (Lipinski definition) is 5. The standard InChI is InChI=1S/C22H26N2O4/c1-23-11-12-24(19(13-23)17-7-3-2-4-8-17)22(25)16-26-14-18-15-27-20-9-5-6-10-21(20)28-18/h2-10,18-19H,11-16H2,1H3. The third-order valence-corrected chi connectivity index (χ3v) is 5.18. The van der Waals surface area contributed by atoms with Crippen LogP contribution in [-0.2, 0) is 9.53 Å². The lowest BCUT2D eigenvalue weighted by Crippen LogP contribution is -2.50. The molecule has 0 bridgehead atoms. The van der Waals surface area contributed by atoms with Gasteiger partial charge in [-0.25, -0.2) is 0 Å². The summed E-state index contributed by atoms with van der Waals surface area (Å²) in [6.07, 6.45) is -0.208. The largest absolute Gasteiger partial charge is 0.486 e. The summed E-state index contributed by atoms with van der Waals surface area (Å²) in [5.41, 5.74) is 1.16. The number of carbonyl (C=O) groups excluding carboxylic acids is 1. The van der Waals surface area contributed by atoms with Gasteiger partial charge in [0.15, 0.2) is 17.6 Å². The molecule has 0 saturated carbocycles. The van der Waals surface area contributed by atoms with Crippen molar-refractivity contribution in [3.8, 4) is 11.5 Å². The number of likely N-dealkylation sites (N-methyl/N-ethyl adjacent to an activating group) is 1. The number of carbonyl (C=O) groups is 1. The molecule has 0 aromatic heterocycles. The number of rotatable bonds is 5. The van der Waals surface area contributed by atoms with Crippen LogP contribution < -0.4 is 9.47 Å². The Bertz CT molecular complexity index is 798. The van der Waals surface area contributed by atoms with Crippen molar-refractivity contribution in [2.24, 2.45) is 0 Å². The number of para-hydroxylation sites is 2. The van der Waals surface area contributed by atoms with Gasteiger partial charge < -0.3 is 24.0 Å². The highest BCUT2D eigenvalue weighted by Crippen LogP contribution is 2.31. The lowest BCUT2D eigenvalue weighted by Gasteiger charge is -2.40. The average Bonchev–Trinajstić information content (AvgIpc) is 2.74. The number of amides is 1. The molecule has 1 amide bonds. The van der Waals surface area contributed by atoms with E-state index in [2.05, 4.69) is 24.1 Å². The summed E-state index contributed by atoms with van der Waals surface area (Å²) in [7, 11) is 2.09. The first-order chi connectivity index (χ1) is 13.7. The van der Waals surface area contributed by atoms with Crippen molar-refractivity contribution in [3.05, 3.63) is 60.2 Å². The van der Waals surface area contributed by atoms with Crippen LogP contribution in [0.4, 0.5) is 0 Å². The molecule has 2 aromatic rings. The van der Waals surface area contributed by atoms with E-state index in [0.717, 1.165) is 30.2 Å². The molecule has 1 saturated heterocycles. The lowest BCUT2D eigenvalue weighted by atomic mass is 10.0. The smallest absolute Gasteiger partial charge is 0.249 e. The molecule has 0 spiro atoms. The van der Waals surface area contributed by atoms with Crippen LogP contribution in [0.1, 0.15) is 11.6 Å². The van der Waals surface area contributed by atoms with E-state index < -0.39 is 0 Å². The Morgan fingerprint density at radius 2 is 1.82 bits per heavy atom. The minimum atomic E-state index is -0.208. The molecule has 2 aliphatic rings. The molecule has 4 rings (SSSR count). The minimum absolute atomic E-state index is 0.0130. The topological polar surface area (TPSA) is 51.2 Å². The van der Waals surface area contributed by atoms with Gasteiger partial charge in [-0.2, -0.15) is 0 Å². The van der Waals surface area contributed by atoms with Gasteiger partial charge in [-0.05, 0) is 24.7 Å². The van der Waals surface area contributed by atoms with E-state index in [9.17, 15) is 4.79 Å². The first-order valence-electron chi connectivity index (χ1n) is 9.70. The van der Waals surface area contributed by atoms with Crippen LogP contribution in [0.5, 0.6) is 11.5 Å². The molecule has 2 unspecified atom stereocenters. The molecule has 6 nitrogen and oxygen atoms in total. The minimum Gasteiger partial charge on any atom is -0.486 e. The third kappa shape index (κ3) is 4.29. The second-order valence-electron chi connectivity index (χ2n) is 7.29. The van der Waals surface area contributed by atoms with Gasteiger partial charge in [0.1, 0.15) is 13.2 Å². The molecule has 148 valence electrons. The zero-order valence-corrected chi connectivity index (χ0v) is 16.1. The molecular weight excluding hydrogens is 356 g/mol. The van der Waals surface area contributed by atoms with Crippen LogP contribution in [0.3, 0.4) is 0 Å². The van der Waals surface area contributed by atoms with Gasteiger partial charge in [-0.3, -0.25) is 4.79 Å². The summed E-state index contributed by atoms with van der Waals surface area (Å²) in [5, 5.41) is 0. The zero-order chi connectivity index (χ0) is 19.3. The maximum atomic E-state index is 12.8. The van der Waals surface area contributed by atoms with E-state index in [1.54, 1.807) is 0 Å². The Balaban J connectivity index is 1.31. The number of hydrogen-bond donors (Lipinski definition) is 0. The third-order valence-electron chi connectivity index (χ3n) is 5.18. The van der Waals surface area contributed by atoms with Crippen LogP contribution in [0.25, 0.3) is 0 Å². The quantitative estimate of drug-likeness (QED) is 0.795. The molecule has 0 N–H and O–H groups in total. The predicted molar refractivity (Wildman–Crippen MR) is 106 cm³/mol. The number of piperazine rings is 1. The lowest BCUT2D eigenvalue weighted by molar-refractivity contribution is -0.142. The fourth-order valence-corrected chi connectivity index (χ4v) is 3.68. The van der Waals surface area contributed by atoms with Crippen molar-refractivity contribution >= 4 is 5.91 Å². The van der Waals surface area contributed by atoms with Crippen molar-refractivity contribution < 1.29 is 19.0 Å². The number of fused-ring (bicyclic) bond motifs is 1. The Kier molecular flexibility index (Phi) is 5.78. The molecule has 28 heavy (non-hydrogen) atoms. The summed E-state index contributed by atoms with van der Waals surface area (Å²) >= 11 is 0. The monoisotopic (exact) mass is 382 g/mol. The highest BCUT2D eigenvalue weighted by molar-refractivity contribution is 5.78. The first kappa shape index (κ1) is 18.8. The highest BCUT2D eigenvalue weighted by atomic mass is 16.6. The van der Waals surface area contributed by atoms with Crippen LogP contribution in [-0.4, -0.2) is 68.3 Å². The maximum Gasteiger partial charge on any atom is 0.249 e. The van der Waals surface area contributed by atoms with Crippen LogP contribution >= 0.6 is 0 Å². The fraction of sp³-hybridized carbons (Fsp3) is 0.409. The summed E-state index contributed by atoms with van der Waals surface area (Å²) < 4.78 is 17.3. The maximum absolute atomic E-state index is 12.8. The van der Waals surface area contributed by atoms with Crippen molar-refractivity contribution in [1.82, 2.24) is 9.80 Å². The van der Waals surface area contributed by atoms with Crippen molar-refractivity contribution in [1.29, 1.82) is 0 Å². The molecule has 6 heteroatoms. The second-order valence-corrected chi connectivity index (χ2v) is 7.29. The highest BCUT2D eigenvalue weighted by Gasteiger charge is 2.30. The normalized spacial score (nSPS) is 22.1.